The van der Waals surface area contributed by atoms with Crippen molar-refractivity contribution in [3.8, 4) is 0 Å². The molecule has 1 amide bonds. The number of hydrogen-bond acceptors (Lipinski definition) is 4. The number of carbonyl (C=O) groups excluding carboxylic acids is 1. The Kier molecular flexibility index (Phi) is 7.19. The van der Waals surface area contributed by atoms with E-state index in [1.807, 2.05) is 0 Å². The lowest BCUT2D eigenvalue weighted by atomic mass is 10.0. The lowest BCUT2D eigenvalue weighted by molar-refractivity contribution is -0.122. The zero-order valence-corrected chi connectivity index (χ0v) is 13.8. The van der Waals surface area contributed by atoms with E-state index in [4.69, 9.17) is 5.73 Å². The number of carbonyl (C=O) groups is 1. The van der Waals surface area contributed by atoms with Crippen LogP contribution >= 0.6 is 11.3 Å². The molecule has 2 atom stereocenters. The van der Waals surface area contributed by atoms with Crippen molar-refractivity contribution in [2.24, 2.45) is 5.73 Å². The van der Waals surface area contributed by atoms with E-state index >= 15 is 0 Å². The first-order valence-electron chi connectivity index (χ1n) is 7.30. The molecule has 1 heterocycles. The fourth-order valence-electron chi connectivity index (χ4n) is 2.36. The summed E-state index contributed by atoms with van der Waals surface area (Å²) < 4.78 is 0. The topological polar surface area (TPSA) is 58.4 Å². The van der Waals surface area contributed by atoms with Crippen LogP contribution in [0.15, 0.2) is 12.1 Å². The van der Waals surface area contributed by atoms with Crippen molar-refractivity contribution in [1.82, 2.24) is 10.2 Å². The fraction of sp³-hybridized carbons (Fsp3) is 0.667. The molecule has 1 rings (SSSR count). The molecule has 0 aliphatic carbocycles. The standard InChI is InChI=1S/C15H27N3OS/c1-5-9-18(10-14(19)17-4)15(12(16)6-2)13-8-7-11(3)20-13/h7-8,12,15H,5-6,9-10,16H2,1-4H3,(H,17,19). The molecule has 0 aliphatic rings. The Morgan fingerprint density at radius 3 is 2.60 bits per heavy atom. The SMILES string of the molecule is CCCN(CC(=O)NC)C(c1ccc(C)s1)C(N)CC. The van der Waals surface area contributed by atoms with Gasteiger partial charge in [-0.15, -0.1) is 11.3 Å². The number of nitrogens with zero attached hydrogens (tertiary/aromatic N) is 1. The zero-order chi connectivity index (χ0) is 15.1. The number of aryl methyl sites for hydroxylation is 1. The Labute approximate surface area is 126 Å². The predicted molar refractivity (Wildman–Crippen MR) is 86.0 cm³/mol. The van der Waals surface area contributed by atoms with Crippen LogP contribution in [0.4, 0.5) is 0 Å². The van der Waals surface area contributed by atoms with E-state index in [-0.39, 0.29) is 18.0 Å². The molecule has 0 fully saturated rings. The summed E-state index contributed by atoms with van der Waals surface area (Å²) in [6.07, 6.45) is 1.91. The fourth-order valence-corrected chi connectivity index (χ4v) is 3.45. The Balaban J connectivity index is 3.01. The average Bonchev–Trinajstić information content (AvgIpc) is 2.85. The third-order valence-corrected chi connectivity index (χ3v) is 4.53. The molecule has 20 heavy (non-hydrogen) atoms. The van der Waals surface area contributed by atoms with Crippen LogP contribution in [0, 0.1) is 6.92 Å². The van der Waals surface area contributed by atoms with Gasteiger partial charge in [-0.2, -0.15) is 0 Å². The van der Waals surface area contributed by atoms with Crippen molar-refractivity contribution in [2.75, 3.05) is 20.1 Å². The molecular formula is C15H27N3OS. The van der Waals surface area contributed by atoms with E-state index < -0.39 is 0 Å². The number of hydrogen-bond donors (Lipinski definition) is 2. The molecule has 3 N–H and O–H groups in total. The normalized spacial score (nSPS) is 14.3. The second-order valence-electron chi connectivity index (χ2n) is 5.11. The molecular weight excluding hydrogens is 270 g/mol. The second kappa shape index (κ2) is 8.39. The van der Waals surface area contributed by atoms with Gasteiger partial charge in [0.2, 0.25) is 5.91 Å². The highest BCUT2D eigenvalue weighted by atomic mass is 32.1. The van der Waals surface area contributed by atoms with Gasteiger partial charge in [-0.05, 0) is 38.4 Å². The summed E-state index contributed by atoms with van der Waals surface area (Å²) in [4.78, 5) is 16.5. The third kappa shape index (κ3) is 4.58. The lowest BCUT2D eigenvalue weighted by Crippen LogP contribution is -2.45. The molecule has 0 spiro atoms. The number of amides is 1. The maximum atomic E-state index is 11.8. The molecule has 0 radical (unpaired) electrons. The molecule has 4 nitrogen and oxygen atoms in total. The van der Waals surface area contributed by atoms with E-state index in [1.54, 1.807) is 18.4 Å². The number of rotatable bonds is 8. The number of likely N-dealkylation sites (N-methyl/N-ethyl adjacent to an activating group) is 1. The zero-order valence-electron chi connectivity index (χ0n) is 13.0. The van der Waals surface area contributed by atoms with Crippen molar-refractivity contribution in [1.29, 1.82) is 0 Å². The first kappa shape index (κ1) is 17.1. The van der Waals surface area contributed by atoms with Gasteiger partial charge in [-0.3, -0.25) is 9.69 Å². The molecule has 0 aromatic carbocycles. The maximum absolute atomic E-state index is 11.8. The van der Waals surface area contributed by atoms with Crippen LogP contribution in [-0.4, -0.2) is 37.0 Å². The van der Waals surface area contributed by atoms with Crippen LogP contribution in [0.25, 0.3) is 0 Å². The van der Waals surface area contributed by atoms with E-state index in [0.717, 1.165) is 19.4 Å². The van der Waals surface area contributed by atoms with Gasteiger partial charge in [0.25, 0.3) is 0 Å². The number of nitrogens with one attached hydrogen (secondary N) is 1. The summed E-state index contributed by atoms with van der Waals surface area (Å²) in [5, 5.41) is 2.70. The van der Waals surface area contributed by atoms with Crippen LogP contribution in [0.1, 0.15) is 42.5 Å². The van der Waals surface area contributed by atoms with Gasteiger partial charge < -0.3 is 11.1 Å². The van der Waals surface area contributed by atoms with Crippen molar-refractivity contribution < 1.29 is 4.79 Å². The van der Waals surface area contributed by atoms with Gasteiger partial charge in [0.15, 0.2) is 0 Å². The summed E-state index contributed by atoms with van der Waals surface area (Å²) >= 11 is 1.78. The molecule has 114 valence electrons. The van der Waals surface area contributed by atoms with Crippen molar-refractivity contribution in [2.45, 2.75) is 45.7 Å². The van der Waals surface area contributed by atoms with Gasteiger partial charge in [0.05, 0.1) is 12.6 Å². The van der Waals surface area contributed by atoms with Crippen LogP contribution in [0.5, 0.6) is 0 Å². The van der Waals surface area contributed by atoms with Gasteiger partial charge in [-0.25, -0.2) is 0 Å². The van der Waals surface area contributed by atoms with Crippen molar-refractivity contribution >= 4 is 17.2 Å². The Morgan fingerprint density at radius 2 is 2.15 bits per heavy atom. The summed E-state index contributed by atoms with van der Waals surface area (Å²) in [6.45, 7) is 7.61. The molecule has 5 heteroatoms. The first-order chi connectivity index (χ1) is 9.53. The van der Waals surface area contributed by atoms with E-state index in [1.165, 1.54) is 9.75 Å². The highest BCUT2D eigenvalue weighted by molar-refractivity contribution is 7.12. The summed E-state index contributed by atoms with van der Waals surface area (Å²) in [7, 11) is 1.68. The van der Waals surface area contributed by atoms with Crippen molar-refractivity contribution in [3.05, 3.63) is 21.9 Å². The van der Waals surface area contributed by atoms with Gasteiger partial charge in [-0.1, -0.05) is 13.8 Å². The molecule has 0 bridgehead atoms. The lowest BCUT2D eigenvalue weighted by Gasteiger charge is -2.34. The minimum absolute atomic E-state index is 0.0417. The molecule has 0 saturated heterocycles. The average molecular weight is 297 g/mol. The predicted octanol–water partition coefficient (Wildman–Crippen LogP) is 2.29. The second-order valence-corrected chi connectivity index (χ2v) is 6.43. The van der Waals surface area contributed by atoms with Crippen LogP contribution in [-0.2, 0) is 4.79 Å². The number of thiophene rings is 1. The summed E-state index contributed by atoms with van der Waals surface area (Å²) in [6, 6.07) is 4.44. The van der Waals surface area contributed by atoms with Crippen molar-refractivity contribution in [3.63, 3.8) is 0 Å². The van der Waals surface area contributed by atoms with Gasteiger partial charge >= 0.3 is 0 Å². The van der Waals surface area contributed by atoms with Gasteiger partial charge in [0.1, 0.15) is 0 Å². The smallest absolute Gasteiger partial charge is 0.233 e. The largest absolute Gasteiger partial charge is 0.358 e. The maximum Gasteiger partial charge on any atom is 0.233 e. The van der Waals surface area contributed by atoms with E-state index in [9.17, 15) is 4.79 Å². The highest BCUT2D eigenvalue weighted by Gasteiger charge is 2.27. The first-order valence-corrected chi connectivity index (χ1v) is 8.11. The Bertz CT molecular complexity index is 419. The number of nitrogens with two attached hydrogens (primary N) is 1. The third-order valence-electron chi connectivity index (χ3n) is 3.46. The molecule has 2 unspecified atom stereocenters. The summed E-state index contributed by atoms with van der Waals surface area (Å²) in [5.41, 5.74) is 6.34. The highest BCUT2D eigenvalue weighted by Crippen LogP contribution is 2.30. The van der Waals surface area contributed by atoms with E-state index in [0.29, 0.717) is 6.54 Å². The van der Waals surface area contributed by atoms with Crippen LogP contribution < -0.4 is 11.1 Å². The Hall–Kier alpha value is -0.910. The van der Waals surface area contributed by atoms with Crippen LogP contribution in [0.2, 0.25) is 0 Å². The minimum Gasteiger partial charge on any atom is -0.358 e. The van der Waals surface area contributed by atoms with E-state index in [2.05, 4.69) is 43.1 Å². The molecule has 1 aromatic heterocycles. The summed E-state index contributed by atoms with van der Waals surface area (Å²) in [5.74, 6) is 0.0417. The monoisotopic (exact) mass is 297 g/mol. The molecule has 0 aliphatic heterocycles. The van der Waals surface area contributed by atoms with Crippen LogP contribution in [0.3, 0.4) is 0 Å². The Morgan fingerprint density at radius 1 is 1.45 bits per heavy atom. The minimum atomic E-state index is 0.0417. The molecule has 1 aromatic rings. The molecule has 0 saturated carbocycles. The quantitative estimate of drug-likeness (QED) is 0.774. The van der Waals surface area contributed by atoms with Gasteiger partial charge in [0, 0.05) is 22.8 Å².